The number of nitrogens with zero attached hydrogens (tertiary/aromatic N) is 1. The molecule has 5 rings (SSSR count). The van der Waals surface area contributed by atoms with Gasteiger partial charge in [0.05, 0.1) is 32.8 Å². The highest BCUT2D eigenvalue weighted by molar-refractivity contribution is 5.94. The van der Waals surface area contributed by atoms with Gasteiger partial charge in [0.2, 0.25) is 17.7 Å². The summed E-state index contributed by atoms with van der Waals surface area (Å²) in [7, 11) is 0. The summed E-state index contributed by atoms with van der Waals surface area (Å²) in [5.74, 6) is -4.62. The first-order valence-electron chi connectivity index (χ1n) is 18.6. The maximum atomic E-state index is 14.5. The molecule has 0 spiro atoms. The van der Waals surface area contributed by atoms with Gasteiger partial charge in [-0.25, -0.2) is 0 Å². The number of hydrogen-bond acceptors (Lipinski definition) is 10. The quantitative estimate of drug-likeness (QED) is 0.0622. The number of carbonyl (C=O) groups is 5. The lowest BCUT2D eigenvalue weighted by molar-refractivity contribution is -0.259. The Hall–Kier alpha value is -5.88. The van der Waals surface area contributed by atoms with Crippen molar-refractivity contribution in [2.24, 2.45) is 16.5 Å². The lowest BCUT2D eigenvalue weighted by Gasteiger charge is -2.46. The van der Waals surface area contributed by atoms with Gasteiger partial charge in [-0.1, -0.05) is 91.0 Å². The van der Waals surface area contributed by atoms with Crippen LogP contribution in [0.5, 0.6) is 0 Å². The van der Waals surface area contributed by atoms with Crippen LogP contribution in [0.2, 0.25) is 0 Å². The molecule has 2 bridgehead atoms. The second-order valence-electron chi connectivity index (χ2n) is 13.6. The number of fused-ring (bicyclic) bond motifs is 2. The van der Waals surface area contributed by atoms with Crippen LogP contribution in [0.25, 0.3) is 0 Å². The van der Waals surface area contributed by atoms with E-state index in [9.17, 15) is 29.1 Å². The van der Waals surface area contributed by atoms with Crippen LogP contribution in [0, 0.1) is 0 Å². The Balaban J connectivity index is 1.56. The zero-order valence-corrected chi connectivity index (χ0v) is 31.3. The van der Waals surface area contributed by atoms with Gasteiger partial charge in [0.1, 0.15) is 36.5 Å². The van der Waals surface area contributed by atoms with Crippen LogP contribution in [-0.2, 0) is 62.7 Å². The minimum Gasteiger partial charge on any atom is -0.481 e. The van der Waals surface area contributed by atoms with Crippen molar-refractivity contribution in [2.45, 2.75) is 81.7 Å². The SMILES string of the molecule is NC(N)=NCCC[C@@H]1NC(=O)[C@H]2O[C@@H](CNC(=O)[C@H](CC(=O)O)NC(=O)CNC1=O)[C@H](OCc1ccccc1)[C@@H](OCc1ccccc1)[C@@H]2OCc1ccccc1. The average Bonchev–Trinajstić information content (AvgIpc) is 3.21. The number of benzene rings is 3. The summed E-state index contributed by atoms with van der Waals surface area (Å²) in [6, 6.07) is 25.3. The number of aliphatic imine (C=N–C) groups is 1. The molecule has 0 saturated carbocycles. The molecule has 2 heterocycles. The van der Waals surface area contributed by atoms with Crippen LogP contribution in [0.1, 0.15) is 36.0 Å². The Bertz CT molecular complexity index is 1810. The molecule has 0 unspecified atom stereocenters. The summed E-state index contributed by atoms with van der Waals surface area (Å²) in [6.07, 6.45) is -6.08. The number of hydrogen-bond donors (Lipinski definition) is 7. The van der Waals surface area contributed by atoms with E-state index in [4.69, 9.17) is 30.4 Å². The molecular weight excluding hydrogens is 738 g/mol. The number of ether oxygens (including phenoxy) is 4. The molecule has 0 radical (unpaired) electrons. The number of nitrogens with two attached hydrogens (primary N) is 2. The lowest BCUT2D eigenvalue weighted by Crippen LogP contribution is -2.66. The molecule has 2 aliphatic heterocycles. The topological polar surface area (TPSA) is 255 Å². The van der Waals surface area contributed by atoms with Gasteiger partial charge >= 0.3 is 5.97 Å². The highest BCUT2D eigenvalue weighted by Crippen LogP contribution is 2.31. The average molecular weight is 788 g/mol. The van der Waals surface area contributed by atoms with Crippen molar-refractivity contribution in [3.63, 3.8) is 0 Å². The fraction of sp³-hybridized carbons (Fsp3) is 0.400. The van der Waals surface area contributed by atoms with E-state index in [0.717, 1.165) is 16.7 Å². The number of amides is 4. The van der Waals surface area contributed by atoms with Crippen LogP contribution in [-0.4, -0.2) is 103 Å². The number of carbonyl (C=O) groups excluding carboxylic acids is 4. The first-order chi connectivity index (χ1) is 27.6. The molecule has 57 heavy (non-hydrogen) atoms. The Labute approximate surface area is 329 Å². The van der Waals surface area contributed by atoms with Crippen LogP contribution >= 0.6 is 0 Å². The summed E-state index contributed by atoms with van der Waals surface area (Å²) in [5.41, 5.74) is 13.4. The second-order valence-corrected chi connectivity index (χ2v) is 13.6. The first-order valence-corrected chi connectivity index (χ1v) is 18.6. The van der Waals surface area contributed by atoms with Gasteiger partial charge in [-0.15, -0.1) is 0 Å². The van der Waals surface area contributed by atoms with E-state index in [1.807, 2.05) is 91.0 Å². The first kappa shape index (κ1) is 42.3. The Morgan fingerprint density at radius 1 is 0.702 bits per heavy atom. The largest absolute Gasteiger partial charge is 0.481 e. The van der Waals surface area contributed by atoms with Gasteiger partial charge in [0.15, 0.2) is 12.1 Å². The fourth-order valence-electron chi connectivity index (χ4n) is 6.43. The molecule has 0 aromatic heterocycles. The van der Waals surface area contributed by atoms with Crippen LogP contribution < -0.4 is 32.7 Å². The number of nitrogens with one attached hydrogen (secondary N) is 4. The minimum atomic E-state index is -1.51. The number of carboxylic acids is 1. The third-order valence-electron chi connectivity index (χ3n) is 9.26. The van der Waals surface area contributed by atoms with Gasteiger partial charge < -0.3 is 56.8 Å². The molecule has 4 amide bonds. The Morgan fingerprint density at radius 2 is 1.23 bits per heavy atom. The van der Waals surface area contributed by atoms with E-state index in [1.165, 1.54) is 0 Å². The number of guanidine groups is 1. The molecule has 7 atom stereocenters. The van der Waals surface area contributed by atoms with Crippen molar-refractivity contribution in [3.05, 3.63) is 108 Å². The molecule has 2 saturated heterocycles. The van der Waals surface area contributed by atoms with E-state index < -0.39 is 85.2 Å². The Kier molecular flexibility index (Phi) is 15.9. The third kappa shape index (κ3) is 13.1. The van der Waals surface area contributed by atoms with Crippen molar-refractivity contribution in [3.8, 4) is 0 Å². The molecule has 9 N–H and O–H groups in total. The molecule has 17 heteroatoms. The third-order valence-corrected chi connectivity index (χ3v) is 9.26. The molecule has 2 aliphatic rings. The zero-order chi connectivity index (χ0) is 40.6. The van der Waals surface area contributed by atoms with Gasteiger partial charge in [0.25, 0.3) is 5.91 Å². The maximum Gasteiger partial charge on any atom is 0.305 e. The van der Waals surface area contributed by atoms with E-state index >= 15 is 0 Å². The lowest BCUT2D eigenvalue weighted by atomic mass is 9.92. The predicted molar refractivity (Wildman–Crippen MR) is 206 cm³/mol. The molecule has 0 aliphatic carbocycles. The molecule has 3 aromatic carbocycles. The van der Waals surface area contributed by atoms with Crippen molar-refractivity contribution < 1.29 is 48.0 Å². The van der Waals surface area contributed by atoms with Crippen molar-refractivity contribution >= 4 is 35.6 Å². The molecule has 17 nitrogen and oxygen atoms in total. The standard InChI is InChI=1S/C40H49N7O10/c41-40(42)43-18-10-17-28-37(51)45-21-31(48)46-29(19-32(49)50)38(52)44-20-30-33(54-22-25-11-4-1-5-12-25)34(55-23-26-13-6-2-7-14-26)35(36(57-30)39(53)47-28)56-24-27-15-8-3-9-16-27/h1-9,11-16,28-30,33-36H,10,17-24H2,(H,44,52)(H,45,51)(H,46,48)(H,47,53)(H,49,50)(H4,41,42,43)/t28-,29-,30-,33-,34+,35-,36-/m0/s1. The maximum absolute atomic E-state index is 14.5. The van der Waals surface area contributed by atoms with Gasteiger partial charge in [-0.05, 0) is 29.5 Å². The van der Waals surface area contributed by atoms with E-state index in [2.05, 4.69) is 26.3 Å². The Morgan fingerprint density at radius 3 is 1.77 bits per heavy atom. The smallest absolute Gasteiger partial charge is 0.305 e. The summed E-state index contributed by atoms with van der Waals surface area (Å²) < 4.78 is 26.3. The summed E-state index contributed by atoms with van der Waals surface area (Å²) in [5, 5.41) is 19.9. The fourth-order valence-corrected chi connectivity index (χ4v) is 6.43. The normalized spacial score (nSPS) is 24.4. The van der Waals surface area contributed by atoms with Crippen LogP contribution in [0.3, 0.4) is 0 Å². The summed E-state index contributed by atoms with van der Waals surface area (Å²) >= 11 is 0. The molecule has 304 valence electrons. The number of carboxylic acid groups (broad SMARTS) is 1. The zero-order valence-electron chi connectivity index (χ0n) is 31.3. The van der Waals surface area contributed by atoms with Gasteiger partial charge in [-0.2, -0.15) is 0 Å². The summed E-state index contributed by atoms with van der Waals surface area (Å²) in [4.78, 5) is 70.3. The van der Waals surface area contributed by atoms with E-state index in [0.29, 0.717) is 0 Å². The van der Waals surface area contributed by atoms with Gasteiger partial charge in [-0.3, -0.25) is 29.0 Å². The number of aliphatic carboxylic acids is 1. The van der Waals surface area contributed by atoms with Gasteiger partial charge in [0, 0.05) is 13.1 Å². The summed E-state index contributed by atoms with van der Waals surface area (Å²) in [6.45, 7) is -0.541. The minimum absolute atomic E-state index is 0.0454. The second kappa shape index (κ2) is 21.4. The molecular formula is C40H49N7O10. The monoisotopic (exact) mass is 787 g/mol. The predicted octanol–water partition coefficient (Wildman–Crippen LogP) is 0.254. The van der Waals surface area contributed by atoms with E-state index in [1.54, 1.807) is 0 Å². The van der Waals surface area contributed by atoms with Crippen molar-refractivity contribution in [1.82, 2.24) is 21.3 Å². The van der Waals surface area contributed by atoms with Crippen LogP contribution in [0.15, 0.2) is 96.0 Å². The van der Waals surface area contributed by atoms with Crippen LogP contribution in [0.4, 0.5) is 0 Å². The molecule has 3 aromatic rings. The highest BCUT2D eigenvalue weighted by Gasteiger charge is 2.51. The van der Waals surface area contributed by atoms with Crippen molar-refractivity contribution in [1.29, 1.82) is 0 Å². The molecule has 2 fully saturated rings. The highest BCUT2D eigenvalue weighted by atomic mass is 16.6. The van der Waals surface area contributed by atoms with Crippen molar-refractivity contribution in [2.75, 3.05) is 19.6 Å². The number of rotatable bonds is 15. The van der Waals surface area contributed by atoms with E-state index in [-0.39, 0.29) is 51.7 Å².